The van der Waals surface area contributed by atoms with Gasteiger partial charge in [-0.1, -0.05) is 0 Å². The van der Waals surface area contributed by atoms with Gasteiger partial charge in [-0.3, -0.25) is 0 Å². The largest absolute Gasteiger partial charge is 0.350 e. The third-order valence-electron chi connectivity index (χ3n) is 2.61. The summed E-state index contributed by atoms with van der Waals surface area (Å²) in [6, 6.07) is 2.46. The molecule has 1 aromatic rings. The van der Waals surface area contributed by atoms with E-state index in [1.807, 2.05) is 19.9 Å². The number of aryl methyl sites for hydroxylation is 2. The average Bonchev–Trinajstić information content (AvgIpc) is 2.17. The van der Waals surface area contributed by atoms with E-state index in [0.29, 0.717) is 6.04 Å². The van der Waals surface area contributed by atoms with Crippen LogP contribution in [0.5, 0.6) is 0 Å². The van der Waals surface area contributed by atoms with Crippen LogP contribution in [0.15, 0.2) is 6.07 Å². The zero-order valence-corrected chi connectivity index (χ0v) is 9.38. The maximum atomic E-state index is 4.38. The van der Waals surface area contributed by atoms with E-state index >= 15 is 0 Å². The van der Waals surface area contributed by atoms with Crippen LogP contribution in [-0.2, 0) is 0 Å². The maximum Gasteiger partial charge on any atom is 0.223 e. The van der Waals surface area contributed by atoms with Crippen molar-refractivity contribution < 1.29 is 0 Å². The van der Waals surface area contributed by atoms with Crippen molar-refractivity contribution in [3.8, 4) is 0 Å². The van der Waals surface area contributed by atoms with Gasteiger partial charge in [0.25, 0.3) is 0 Å². The van der Waals surface area contributed by atoms with Gasteiger partial charge in [0.2, 0.25) is 5.95 Å². The van der Waals surface area contributed by atoms with Crippen LogP contribution in [0, 0.1) is 13.8 Å². The van der Waals surface area contributed by atoms with Crippen molar-refractivity contribution in [2.75, 3.05) is 18.4 Å². The van der Waals surface area contributed by atoms with E-state index < -0.39 is 0 Å². The number of nitrogens with zero attached hydrogens (tertiary/aromatic N) is 2. The predicted octanol–water partition coefficient (Wildman–Crippen LogP) is 1.26. The summed E-state index contributed by atoms with van der Waals surface area (Å²) >= 11 is 0. The van der Waals surface area contributed by atoms with E-state index in [1.54, 1.807) is 0 Å². The molecule has 1 aromatic heterocycles. The van der Waals surface area contributed by atoms with Crippen LogP contribution in [0.1, 0.15) is 24.2 Å². The highest BCUT2D eigenvalue weighted by molar-refractivity contribution is 5.29. The molecule has 2 N–H and O–H groups in total. The van der Waals surface area contributed by atoms with E-state index in [9.17, 15) is 0 Å². The first-order chi connectivity index (χ1) is 7.24. The van der Waals surface area contributed by atoms with Crippen molar-refractivity contribution >= 4 is 5.95 Å². The van der Waals surface area contributed by atoms with Crippen molar-refractivity contribution in [1.29, 1.82) is 0 Å². The van der Waals surface area contributed by atoms with E-state index in [1.165, 1.54) is 12.8 Å². The van der Waals surface area contributed by atoms with Crippen LogP contribution in [0.2, 0.25) is 0 Å². The Bertz CT molecular complexity index is 311. The van der Waals surface area contributed by atoms with E-state index in [-0.39, 0.29) is 0 Å². The maximum absolute atomic E-state index is 4.38. The highest BCUT2D eigenvalue weighted by Crippen LogP contribution is 2.09. The van der Waals surface area contributed by atoms with Crippen molar-refractivity contribution in [3.05, 3.63) is 17.5 Å². The first kappa shape index (κ1) is 10.4. The molecule has 0 bridgehead atoms. The second-order valence-electron chi connectivity index (χ2n) is 4.16. The molecule has 1 aliphatic heterocycles. The molecule has 1 saturated heterocycles. The third kappa shape index (κ3) is 2.89. The highest BCUT2D eigenvalue weighted by atomic mass is 15.1. The van der Waals surface area contributed by atoms with Crippen LogP contribution >= 0.6 is 0 Å². The second-order valence-corrected chi connectivity index (χ2v) is 4.16. The Hall–Kier alpha value is -1.16. The molecule has 2 heterocycles. The fourth-order valence-corrected chi connectivity index (χ4v) is 1.95. The minimum Gasteiger partial charge on any atom is -0.350 e. The molecule has 0 spiro atoms. The molecule has 0 radical (unpaired) electrons. The van der Waals surface area contributed by atoms with E-state index in [4.69, 9.17) is 0 Å². The molecule has 0 aliphatic carbocycles. The van der Waals surface area contributed by atoms with Crippen LogP contribution in [0.4, 0.5) is 5.95 Å². The van der Waals surface area contributed by atoms with E-state index in [0.717, 1.165) is 30.4 Å². The smallest absolute Gasteiger partial charge is 0.223 e. The Balaban J connectivity index is 2.02. The van der Waals surface area contributed by atoms with Crippen molar-refractivity contribution in [2.24, 2.45) is 0 Å². The van der Waals surface area contributed by atoms with Gasteiger partial charge in [-0.25, -0.2) is 9.97 Å². The van der Waals surface area contributed by atoms with Crippen molar-refractivity contribution in [2.45, 2.75) is 32.7 Å². The normalized spacial score (nSPS) is 21.3. The number of rotatable bonds is 2. The van der Waals surface area contributed by atoms with Gasteiger partial charge in [-0.05, 0) is 39.3 Å². The summed E-state index contributed by atoms with van der Waals surface area (Å²) in [6.45, 7) is 6.14. The molecule has 1 atom stereocenters. The Kier molecular flexibility index (Phi) is 3.16. The van der Waals surface area contributed by atoms with Crippen LogP contribution in [0.3, 0.4) is 0 Å². The third-order valence-corrected chi connectivity index (χ3v) is 2.61. The number of hydrogen-bond donors (Lipinski definition) is 2. The van der Waals surface area contributed by atoms with Gasteiger partial charge in [-0.15, -0.1) is 0 Å². The van der Waals surface area contributed by atoms with Gasteiger partial charge in [0.15, 0.2) is 0 Å². The lowest BCUT2D eigenvalue weighted by Gasteiger charge is -2.23. The molecule has 0 aromatic carbocycles. The summed E-state index contributed by atoms with van der Waals surface area (Å²) < 4.78 is 0. The predicted molar refractivity (Wildman–Crippen MR) is 61.0 cm³/mol. The minimum atomic E-state index is 0.472. The molecular formula is C11H18N4. The molecule has 1 aliphatic rings. The highest BCUT2D eigenvalue weighted by Gasteiger charge is 2.13. The Morgan fingerprint density at radius 3 is 2.67 bits per heavy atom. The number of hydrogen-bond acceptors (Lipinski definition) is 4. The Labute approximate surface area is 90.5 Å². The lowest BCUT2D eigenvalue weighted by atomic mass is 10.1. The van der Waals surface area contributed by atoms with Gasteiger partial charge in [0.1, 0.15) is 0 Å². The van der Waals surface area contributed by atoms with E-state index in [2.05, 4.69) is 20.6 Å². The summed E-state index contributed by atoms with van der Waals surface area (Å²) in [4.78, 5) is 8.76. The fraction of sp³-hybridized carbons (Fsp3) is 0.636. The Morgan fingerprint density at radius 1 is 1.33 bits per heavy atom. The average molecular weight is 206 g/mol. The molecule has 15 heavy (non-hydrogen) atoms. The van der Waals surface area contributed by atoms with Crippen molar-refractivity contribution in [1.82, 2.24) is 15.3 Å². The monoisotopic (exact) mass is 206 g/mol. The zero-order chi connectivity index (χ0) is 10.7. The van der Waals surface area contributed by atoms with Gasteiger partial charge in [0, 0.05) is 24.0 Å². The van der Waals surface area contributed by atoms with Crippen LogP contribution in [0.25, 0.3) is 0 Å². The SMILES string of the molecule is Cc1cc(C)nc(N[C@@H]2CCCNC2)n1. The molecule has 0 unspecified atom stereocenters. The molecule has 0 saturated carbocycles. The van der Waals surface area contributed by atoms with Gasteiger partial charge < -0.3 is 10.6 Å². The topological polar surface area (TPSA) is 49.8 Å². The van der Waals surface area contributed by atoms with Gasteiger partial charge >= 0.3 is 0 Å². The fourth-order valence-electron chi connectivity index (χ4n) is 1.95. The van der Waals surface area contributed by atoms with Crippen LogP contribution < -0.4 is 10.6 Å². The minimum absolute atomic E-state index is 0.472. The summed E-state index contributed by atoms with van der Waals surface area (Å²) in [5.74, 6) is 0.765. The second kappa shape index (κ2) is 4.57. The lowest BCUT2D eigenvalue weighted by molar-refractivity contribution is 0.478. The molecule has 1 fully saturated rings. The Morgan fingerprint density at radius 2 is 2.07 bits per heavy atom. The number of aromatic nitrogens is 2. The molecule has 0 amide bonds. The van der Waals surface area contributed by atoms with Gasteiger partial charge in [-0.2, -0.15) is 0 Å². The summed E-state index contributed by atoms with van der Waals surface area (Å²) in [7, 11) is 0. The standard InChI is InChI=1S/C11H18N4/c1-8-6-9(2)14-11(13-8)15-10-4-3-5-12-7-10/h6,10,12H,3-5,7H2,1-2H3,(H,13,14,15)/t10-/m1/s1. The van der Waals surface area contributed by atoms with Crippen LogP contribution in [-0.4, -0.2) is 29.1 Å². The first-order valence-corrected chi connectivity index (χ1v) is 5.53. The summed E-state index contributed by atoms with van der Waals surface area (Å²) in [6.07, 6.45) is 2.42. The number of piperidine rings is 1. The van der Waals surface area contributed by atoms with Gasteiger partial charge in [0.05, 0.1) is 0 Å². The summed E-state index contributed by atoms with van der Waals surface area (Å²) in [5, 5.41) is 6.74. The first-order valence-electron chi connectivity index (χ1n) is 5.53. The quantitative estimate of drug-likeness (QED) is 0.765. The lowest BCUT2D eigenvalue weighted by Crippen LogP contribution is -2.38. The zero-order valence-electron chi connectivity index (χ0n) is 9.38. The summed E-state index contributed by atoms with van der Waals surface area (Å²) in [5.41, 5.74) is 2.04. The molecule has 4 nitrogen and oxygen atoms in total. The molecule has 4 heteroatoms. The number of anilines is 1. The molecular weight excluding hydrogens is 188 g/mol. The molecule has 82 valence electrons. The molecule has 2 rings (SSSR count). The number of nitrogens with one attached hydrogen (secondary N) is 2. The van der Waals surface area contributed by atoms with Crippen molar-refractivity contribution in [3.63, 3.8) is 0 Å².